The second kappa shape index (κ2) is 4.43. The molecule has 0 radical (unpaired) electrons. The zero-order valence-electron chi connectivity index (χ0n) is 9.84. The van der Waals surface area contributed by atoms with Gasteiger partial charge in [-0.3, -0.25) is 4.79 Å². The number of halogens is 3. The summed E-state index contributed by atoms with van der Waals surface area (Å²) in [7, 11) is 1.25. The molecule has 0 N–H and O–H groups in total. The molecule has 0 heterocycles. The molecule has 1 rings (SSSR count). The molecule has 0 unspecified atom stereocenters. The highest BCUT2D eigenvalue weighted by Gasteiger charge is 2.32. The summed E-state index contributed by atoms with van der Waals surface area (Å²) >= 11 is 0. The minimum absolute atomic E-state index is 0.484. The standard InChI is InChI=1S/C11H13BF3O2/c1-11(2,10(16)17-3)8-4-6-9(7-5-8)12(13,14)15/h4-7H,1-3H3/q-1. The van der Waals surface area contributed by atoms with Gasteiger partial charge in [0.15, 0.2) is 0 Å². The third kappa shape index (κ3) is 2.81. The van der Waals surface area contributed by atoms with Crippen molar-refractivity contribution >= 4 is 18.4 Å². The summed E-state index contributed by atoms with van der Waals surface area (Å²) in [5.74, 6) is -0.484. The molecule has 0 bridgehead atoms. The van der Waals surface area contributed by atoms with E-state index in [2.05, 4.69) is 4.74 Å². The van der Waals surface area contributed by atoms with Crippen molar-refractivity contribution in [2.75, 3.05) is 7.11 Å². The number of hydrogen-bond donors (Lipinski definition) is 0. The van der Waals surface area contributed by atoms with Crippen LogP contribution >= 0.6 is 0 Å². The Hall–Kier alpha value is -1.46. The van der Waals surface area contributed by atoms with Crippen molar-refractivity contribution in [3.63, 3.8) is 0 Å². The molecular weight excluding hydrogens is 232 g/mol. The van der Waals surface area contributed by atoms with Crippen LogP contribution in [-0.4, -0.2) is 20.1 Å². The highest BCUT2D eigenvalue weighted by Crippen LogP contribution is 2.24. The van der Waals surface area contributed by atoms with Gasteiger partial charge in [0.2, 0.25) is 0 Å². The molecular formula is C11H13BF3O2-. The predicted molar refractivity (Wildman–Crippen MR) is 60.2 cm³/mol. The molecule has 2 nitrogen and oxygen atoms in total. The Labute approximate surface area is 97.8 Å². The van der Waals surface area contributed by atoms with Gasteiger partial charge in [-0.05, 0) is 19.4 Å². The van der Waals surface area contributed by atoms with Crippen molar-refractivity contribution in [2.24, 2.45) is 0 Å². The Bertz CT molecular complexity index is 410. The Kier molecular flexibility index (Phi) is 3.55. The van der Waals surface area contributed by atoms with E-state index < -0.39 is 23.8 Å². The normalized spacial score (nSPS) is 12.4. The molecule has 0 atom stereocenters. The lowest BCUT2D eigenvalue weighted by Gasteiger charge is -2.23. The van der Waals surface area contributed by atoms with E-state index in [1.165, 1.54) is 19.2 Å². The number of methoxy groups -OCH3 is 1. The van der Waals surface area contributed by atoms with Crippen LogP contribution < -0.4 is 5.46 Å². The monoisotopic (exact) mass is 245 g/mol. The van der Waals surface area contributed by atoms with Crippen molar-refractivity contribution in [3.05, 3.63) is 29.8 Å². The first kappa shape index (κ1) is 13.6. The first-order valence-corrected chi connectivity index (χ1v) is 5.08. The zero-order chi connectivity index (χ0) is 13.3. The molecule has 0 saturated heterocycles. The van der Waals surface area contributed by atoms with Crippen molar-refractivity contribution in [2.45, 2.75) is 19.3 Å². The maximum atomic E-state index is 12.4. The number of rotatable bonds is 3. The second-order valence-electron chi connectivity index (χ2n) is 4.31. The molecule has 0 amide bonds. The van der Waals surface area contributed by atoms with Gasteiger partial charge in [0.1, 0.15) is 0 Å². The topological polar surface area (TPSA) is 26.3 Å². The van der Waals surface area contributed by atoms with Crippen molar-refractivity contribution in [1.29, 1.82) is 0 Å². The van der Waals surface area contributed by atoms with E-state index in [1.807, 2.05) is 0 Å². The second-order valence-corrected chi connectivity index (χ2v) is 4.31. The van der Waals surface area contributed by atoms with Gasteiger partial charge in [0.25, 0.3) is 0 Å². The summed E-state index contributed by atoms with van der Waals surface area (Å²) in [5.41, 5.74) is -1.13. The average molecular weight is 245 g/mol. The summed E-state index contributed by atoms with van der Waals surface area (Å²) in [4.78, 5) is 11.5. The Balaban J connectivity index is 3.07. The van der Waals surface area contributed by atoms with Crippen LogP contribution in [0.1, 0.15) is 19.4 Å². The lowest BCUT2D eigenvalue weighted by atomic mass is 9.77. The predicted octanol–water partition coefficient (Wildman–Crippen LogP) is 2.19. The smallest absolute Gasteiger partial charge is 0.468 e. The van der Waals surface area contributed by atoms with Gasteiger partial charge in [-0.1, -0.05) is 24.3 Å². The van der Waals surface area contributed by atoms with Crippen molar-refractivity contribution in [3.8, 4) is 0 Å². The van der Waals surface area contributed by atoms with Gasteiger partial charge in [-0.15, -0.1) is 5.46 Å². The van der Waals surface area contributed by atoms with Gasteiger partial charge >= 0.3 is 12.9 Å². The van der Waals surface area contributed by atoms with E-state index in [1.54, 1.807) is 13.8 Å². The summed E-state index contributed by atoms with van der Waals surface area (Å²) in [6, 6.07) is 4.59. The number of carbonyl (C=O) groups excluding carboxylic acids is 1. The Morgan fingerprint density at radius 2 is 1.65 bits per heavy atom. The fourth-order valence-electron chi connectivity index (χ4n) is 1.49. The molecule has 0 spiro atoms. The van der Waals surface area contributed by atoms with E-state index in [0.29, 0.717) is 5.56 Å². The number of carbonyl (C=O) groups is 1. The van der Waals surface area contributed by atoms with Crippen molar-refractivity contribution in [1.82, 2.24) is 0 Å². The highest BCUT2D eigenvalue weighted by atomic mass is 19.4. The third-order valence-electron chi connectivity index (χ3n) is 2.71. The minimum atomic E-state index is -5.00. The van der Waals surface area contributed by atoms with Crippen molar-refractivity contribution < 1.29 is 22.5 Å². The summed E-state index contributed by atoms with van der Waals surface area (Å²) in [6.45, 7) is -1.79. The number of ether oxygens (including phenoxy) is 1. The van der Waals surface area contributed by atoms with Crippen LogP contribution in [0.3, 0.4) is 0 Å². The SMILES string of the molecule is COC(=O)C(C)(C)c1ccc([B-](F)(F)F)cc1. The molecule has 0 aromatic heterocycles. The fraction of sp³-hybridized carbons (Fsp3) is 0.364. The van der Waals surface area contributed by atoms with E-state index >= 15 is 0 Å². The maximum Gasteiger partial charge on any atom is 0.509 e. The van der Waals surface area contributed by atoms with Crippen LogP contribution in [-0.2, 0) is 14.9 Å². The molecule has 17 heavy (non-hydrogen) atoms. The van der Waals surface area contributed by atoms with Crippen LogP contribution in [0.4, 0.5) is 12.9 Å². The summed E-state index contributed by atoms with van der Waals surface area (Å²) in [6.07, 6.45) is 0. The largest absolute Gasteiger partial charge is 0.509 e. The molecule has 0 fully saturated rings. The fourth-order valence-corrected chi connectivity index (χ4v) is 1.49. The number of benzene rings is 1. The quantitative estimate of drug-likeness (QED) is 0.602. The minimum Gasteiger partial charge on any atom is -0.468 e. The van der Waals surface area contributed by atoms with Crippen LogP contribution in [0.15, 0.2) is 24.3 Å². The molecule has 94 valence electrons. The summed E-state index contributed by atoms with van der Waals surface area (Å²) < 4.78 is 41.8. The van der Waals surface area contributed by atoms with Crippen LogP contribution in [0.25, 0.3) is 0 Å². The lowest BCUT2D eigenvalue weighted by Crippen LogP contribution is -2.35. The van der Waals surface area contributed by atoms with E-state index in [-0.39, 0.29) is 0 Å². The summed E-state index contributed by atoms with van der Waals surface area (Å²) in [5, 5.41) is 0. The van der Waals surface area contributed by atoms with E-state index in [4.69, 9.17) is 0 Å². The molecule has 6 heteroatoms. The maximum absolute atomic E-state index is 12.4. The molecule has 0 saturated carbocycles. The first-order valence-electron chi connectivity index (χ1n) is 5.08. The zero-order valence-corrected chi connectivity index (χ0v) is 9.84. The van der Waals surface area contributed by atoms with Gasteiger partial charge in [0.05, 0.1) is 12.5 Å². The van der Waals surface area contributed by atoms with Gasteiger partial charge in [-0.2, -0.15) is 0 Å². The highest BCUT2D eigenvalue weighted by molar-refractivity contribution is 6.73. The van der Waals surface area contributed by atoms with Crippen LogP contribution in [0, 0.1) is 0 Å². The number of hydrogen-bond acceptors (Lipinski definition) is 2. The lowest BCUT2D eigenvalue weighted by molar-refractivity contribution is -0.146. The van der Waals surface area contributed by atoms with Gasteiger partial charge < -0.3 is 17.7 Å². The van der Waals surface area contributed by atoms with E-state index in [9.17, 15) is 17.7 Å². The van der Waals surface area contributed by atoms with Crippen LogP contribution in [0.2, 0.25) is 0 Å². The number of esters is 1. The molecule has 1 aromatic carbocycles. The third-order valence-corrected chi connectivity index (χ3v) is 2.71. The molecule has 1 aromatic rings. The first-order chi connectivity index (χ1) is 7.69. The molecule has 0 aliphatic rings. The van der Waals surface area contributed by atoms with E-state index in [0.717, 1.165) is 12.1 Å². The molecule has 0 aliphatic carbocycles. The van der Waals surface area contributed by atoms with Crippen LogP contribution in [0.5, 0.6) is 0 Å². The Morgan fingerprint density at radius 1 is 1.18 bits per heavy atom. The molecule has 0 aliphatic heterocycles. The Morgan fingerprint density at radius 3 is 2.00 bits per heavy atom. The average Bonchev–Trinajstić information content (AvgIpc) is 2.27. The van der Waals surface area contributed by atoms with Gasteiger partial charge in [-0.25, -0.2) is 0 Å². The van der Waals surface area contributed by atoms with Gasteiger partial charge in [0, 0.05) is 0 Å².